The number of thiophene rings is 1. The summed E-state index contributed by atoms with van der Waals surface area (Å²) in [6.07, 6.45) is 0.824. The van der Waals surface area contributed by atoms with Crippen molar-refractivity contribution in [2.45, 2.75) is 0 Å². The molecule has 2 nitrogen and oxygen atoms in total. The van der Waals surface area contributed by atoms with Crippen molar-refractivity contribution < 1.29 is 9.53 Å². The number of carbonyl (C=O) groups excluding carboxylic acids is 1. The SMILES string of the molecule is COc1ccc(C=O)c2cc(Cl)sc12. The Morgan fingerprint density at radius 1 is 1.50 bits per heavy atom. The topological polar surface area (TPSA) is 26.3 Å². The van der Waals surface area contributed by atoms with E-state index in [0.29, 0.717) is 9.90 Å². The van der Waals surface area contributed by atoms with Gasteiger partial charge in [-0.1, -0.05) is 11.6 Å². The molecule has 14 heavy (non-hydrogen) atoms. The minimum Gasteiger partial charge on any atom is -0.495 e. The molecule has 0 N–H and O–H groups in total. The fraction of sp³-hybridized carbons (Fsp3) is 0.100. The van der Waals surface area contributed by atoms with Crippen LogP contribution in [0.1, 0.15) is 10.4 Å². The summed E-state index contributed by atoms with van der Waals surface area (Å²) in [5.41, 5.74) is 0.643. The second-order valence-electron chi connectivity index (χ2n) is 2.77. The summed E-state index contributed by atoms with van der Waals surface area (Å²) in [4.78, 5) is 10.8. The van der Waals surface area contributed by atoms with Crippen LogP contribution in [0.4, 0.5) is 0 Å². The van der Waals surface area contributed by atoms with Gasteiger partial charge in [-0.3, -0.25) is 4.79 Å². The van der Waals surface area contributed by atoms with Crippen molar-refractivity contribution in [3.05, 3.63) is 28.1 Å². The second kappa shape index (κ2) is 3.59. The molecule has 0 saturated carbocycles. The van der Waals surface area contributed by atoms with Crippen molar-refractivity contribution in [2.75, 3.05) is 7.11 Å². The molecule has 0 amide bonds. The summed E-state index contributed by atoms with van der Waals surface area (Å²) in [6.45, 7) is 0. The summed E-state index contributed by atoms with van der Waals surface area (Å²) in [5, 5.41) is 0.856. The number of ether oxygens (including phenoxy) is 1. The largest absolute Gasteiger partial charge is 0.495 e. The molecular formula is C10H7ClO2S. The predicted molar refractivity (Wildman–Crippen MR) is 58.8 cm³/mol. The molecule has 0 spiro atoms. The lowest BCUT2D eigenvalue weighted by Gasteiger charge is -2.01. The molecule has 2 aromatic rings. The van der Waals surface area contributed by atoms with Gasteiger partial charge < -0.3 is 4.74 Å². The predicted octanol–water partition coefficient (Wildman–Crippen LogP) is 3.38. The molecule has 72 valence electrons. The maximum atomic E-state index is 10.8. The Balaban J connectivity index is 2.83. The third kappa shape index (κ3) is 1.38. The molecule has 1 aromatic carbocycles. The number of fused-ring (bicyclic) bond motifs is 1. The van der Waals surface area contributed by atoms with E-state index in [2.05, 4.69) is 0 Å². The third-order valence-corrected chi connectivity index (χ3v) is 3.28. The van der Waals surface area contributed by atoms with E-state index in [-0.39, 0.29) is 0 Å². The highest BCUT2D eigenvalue weighted by Crippen LogP contribution is 2.37. The standard InChI is InChI=1S/C10H7ClO2S/c1-13-8-3-2-6(5-12)7-4-9(11)14-10(7)8/h2-5H,1H3. The van der Waals surface area contributed by atoms with Gasteiger partial charge in [0.25, 0.3) is 0 Å². The second-order valence-corrected chi connectivity index (χ2v) is 4.45. The summed E-state index contributed by atoms with van der Waals surface area (Å²) in [7, 11) is 1.60. The van der Waals surface area contributed by atoms with Crippen LogP contribution in [-0.2, 0) is 0 Å². The van der Waals surface area contributed by atoms with Crippen LogP contribution in [0.5, 0.6) is 5.75 Å². The molecule has 0 saturated heterocycles. The highest BCUT2D eigenvalue weighted by molar-refractivity contribution is 7.23. The van der Waals surface area contributed by atoms with Crippen LogP contribution < -0.4 is 4.74 Å². The van der Waals surface area contributed by atoms with E-state index >= 15 is 0 Å². The van der Waals surface area contributed by atoms with Gasteiger partial charge in [0.2, 0.25) is 0 Å². The van der Waals surface area contributed by atoms with Crippen LogP contribution in [0.15, 0.2) is 18.2 Å². The van der Waals surface area contributed by atoms with Crippen molar-refractivity contribution in [3.63, 3.8) is 0 Å². The van der Waals surface area contributed by atoms with Crippen molar-refractivity contribution in [1.82, 2.24) is 0 Å². The average Bonchev–Trinajstić information content (AvgIpc) is 2.57. The monoisotopic (exact) mass is 226 g/mol. The first-order valence-electron chi connectivity index (χ1n) is 3.97. The Kier molecular flexibility index (Phi) is 2.44. The smallest absolute Gasteiger partial charge is 0.150 e. The van der Waals surface area contributed by atoms with Gasteiger partial charge in [0.1, 0.15) is 5.75 Å². The van der Waals surface area contributed by atoms with E-state index in [1.807, 2.05) is 0 Å². The van der Waals surface area contributed by atoms with Crippen molar-refractivity contribution in [3.8, 4) is 5.75 Å². The van der Waals surface area contributed by atoms with E-state index in [1.165, 1.54) is 11.3 Å². The lowest BCUT2D eigenvalue weighted by Crippen LogP contribution is -1.85. The van der Waals surface area contributed by atoms with Gasteiger partial charge in [-0.05, 0) is 18.2 Å². The van der Waals surface area contributed by atoms with E-state index in [1.54, 1.807) is 25.3 Å². The van der Waals surface area contributed by atoms with Crippen LogP contribution >= 0.6 is 22.9 Å². The van der Waals surface area contributed by atoms with Gasteiger partial charge in [-0.25, -0.2) is 0 Å². The highest BCUT2D eigenvalue weighted by atomic mass is 35.5. The maximum absolute atomic E-state index is 10.8. The van der Waals surface area contributed by atoms with Gasteiger partial charge in [-0.15, -0.1) is 11.3 Å². The molecule has 0 aliphatic heterocycles. The number of benzene rings is 1. The molecule has 0 fully saturated rings. The van der Waals surface area contributed by atoms with E-state index in [4.69, 9.17) is 16.3 Å². The Morgan fingerprint density at radius 2 is 2.29 bits per heavy atom. The van der Waals surface area contributed by atoms with E-state index in [9.17, 15) is 4.79 Å². The van der Waals surface area contributed by atoms with E-state index in [0.717, 1.165) is 22.1 Å². The lowest BCUT2D eigenvalue weighted by molar-refractivity contribution is 0.112. The molecule has 0 atom stereocenters. The third-order valence-electron chi connectivity index (χ3n) is 2.00. The molecular weight excluding hydrogens is 220 g/mol. The minimum absolute atomic E-state index is 0.643. The fourth-order valence-electron chi connectivity index (χ4n) is 1.35. The first-order valence-corrected chi connectivity index (χ1v) is 5.17. The molecule has 0 aliphatic rings. The van der Waals surface area contributed by atoms with Crippen molar-refractivity contribution >= 4 is 39.3 Å². The molecule has 0 unspecified atom stereocenters. The molecule has 0 aliphatic carbocycles. The van der Waals surface area contributed by atoms with Crippen LogP contribution in [0.2, 0.25) is 4.34 Å². The Morgan fingerprint density at radius 3 is 2.93 bits per heavy atom. The number of rotatable bonds is 2. The number of methoxy groups -OCH3 is 1. The summed E-state index contributed by atoms with van der Waals surface area (Å²) < 4.78 is 6.75. The van der Waals surface area contributed by atoms with Crippen LogP contribution in [-0.4, -0.2) is 13.4 Å². The molecule has 1 heterocycles. The van der Waals surface area contributed by atoms with E-state index < -0.39 is 0 Å². The average molecular weight is 227 g/mol. The van der Waals surface area contributed by atoms with Crippen molar-refractivity contribution in [2.24, 2.45) is 0 Å². The molecule has 4 heteroatoms. The summed E-state index contributed by atoms with van der Waals surface area (Å²) >= 11 is 7.30. The summed E-state index contributed by atoms with van der Waals surface area (Å²) in [6, 6.07) is 5.30. The Labute approximate surface area is 90.1 Å². The van der Waals surface area contributed by atoms with Gasteiger partial charge in [0.15, 0.2) is 6.29 Å². The lowest BCUT2D eigenvalue weighted by atomic mass is 10.1. The molecule has 0 bridgehead atoms. The number of carbonyl (C=O) groups is 1. The zero-order chi connectivity index (χ0) is 10.1. The normalized spacial score (nSPS) is 10.4. The molecule has 1 aromatic heterocycles. The number of halogens is 1. The fourth-order valence-corrected chi connectivity index (χ4v) is 2.60. The number of hydrogen-bond acceptors (Lipinski definition) is 3. The molecule has 0 radical (unpaired) electrons. The van der Waals surface area contributed by atoms with Gasteiger partial charge in [0.05, 0.1) is 16.1 Å². The highest BCUT2D eigenvalue weighted by Gasteiger charge is 2.09. The van der Waals surface area contributed by atoms with Crippen LogP contribution in [0, 0.1) is 0 Å². The summed E-state index contributed by atoms with van der Waals surface area (Å²) in [5.74, 6) is 0.752. The zero-order valence-corrected chi connectivity index (χ0v) is 8.98. The van der Waals surface area contributed by atoms with Crippen LogP contribution in [0.3, 0.4) is 0 Å². The van der Waals surface area contributed by atoms with Gasteiger partial charge in [-0.2, -0.15) is 0 Å². The van der Waals surface area contributed by atoms with Gasteiger partial charge >= 0.3 is 0 Å². The van der Waals surface area contributed by atoms with Crippen molar-refractivity contribution in [1.29, 1.82) is 0 Å². The molecule has 2 rings (SSSR count). The quantitative estimate of drug-likeness (QED) is 0.734. The zero-order valence-electron chi connectivity index (χ0n) is 7.41. The van der Waals surface area contributed by atoms with Gasteiger partial charge in [0, 0.05) is 10.9 Å². The first kappa shape index (κ1) is 9.49. The first-order chi connectivity index (χ1) is 6.76. The Hall–Kier alpha value is -1.06. The minimum atomic E-state index is 0.643. The maximum Gasteiger partial charge on any atom is 0.150 e. The number of hydrogen-bond donors (Lipinski definition) is 0. The number of aldehydes is 1. The Bertz CT molecular complexity index is 490. The van der Waals surface area contributed by atoms with Crippen LogP contribution in [0.25, 0.3) is 10.1 Å².